The number of nitrogens with one attached hydrogen (secondary N) is 1. The maximum atomic E-state index is 10.9. The molecular weight excluding hydrogens is 240 g/mol. The Morgan fingerprint density at radius 3 is 2.37 bits per heavy atom. The molecule has 2 heterocycles. The van der Waals surface area contributed by atoms with Gasteiger partial charge < -0.3 is 10.2 Å². The summed E-state index contributed by atoms with van der Waals surface area (Å²) >= 11 is 0. The first-order valence-corrected chi connectivity index (χ1v) is 6.91. The SMILES string of the molecule is CC(=O)Nc1cnc(N2CCC(C(C)C)CC2)nc1. The van der Waals surface area contributed by atoms with Gasteiger partial charge in [0.25, 0.3) is 0 Å². The van der Waals surface area contributed by atoms with Crippen LogP contribution in [0, 0.1) is 11.8 Å². The number of amides is 1. The molecular formula is C14H22N4O. The standard InChI is InChI=1S/C14H22N4O/c1-10(2)12-4-6-18(7-5-12)14-15-8-13(9-16-14)17-11(3)19/h8-10,12H,4-7H2,1-3H3,(H,17,19). The van der Waals surface area contributed by atoms with Crippen molar-refractivity contribution in [2.45, 2.75) is 33.6 Å². The van der Waals surface area contributed by atoms with Gasteiger partial charge in [-0.25, -0.2) is 9.97 Å². The van der Waals surface area contributed by atoms with Crippen LogP contribution in [0.25, 0.3) is 0 Å². The molecule has 5 nitrogen and oxygen atoms in total. The molecule has 0 radical (unpaired) electrons. The fraction of sp³-hybridized carbons (Fsp3) is 0.643. The van der Waals surface area contributed by atoms with E-state index in [-0.39, 0.29) is 5.91 Å². The molecule has 104 valence electrons. The van der Waals surface area contributed by atoms with E-state index in [4.69, 9.17) is 0 Å². The maximum absolute atomic E-state index is 10.9. The van der Waals surface area contributed by atoms with Crippen LogP contribution in [0.15, 0.2) is 12.4 Å². The van der Waals surface area contributed by atoms with E-state index in [0.717, 1.165) is 30.9 Å². The minimum atomic E-state index is -0.103. The van der Waals surface area contributed by atoms with Gasteiger partial charge in [0, 0.05) is 20.0 Å². The number of carbonyl (C=O) groups is 1. The van der Waals surface area contributed by atoms with Crippen LogP contribution < -0.4 is 10.2 Å². The number of nitrogens with zero attached hydrogens (tertiary/aromatic N) is 3. The number of carbonyl (C=O) groups excluding carboxylic acids is 1. The van der Waals surface area contributed by atoms with E-state index in [1.165, 1.54) is 19.8 Å². The summed E-state index contributed by atoms with van der Waals surface area (Å²) in [4.78, 5) is 21.8. The van der Waals surface area contributed by atoms with E-state index in [2.05, 4.69) is 34.0 Å². The number of hydrogen-bond donors (Lipinski definition) is 1. The van der Waals surface area contributed by atoms with Gasteiger partial charge in [0.2, 0.25) is 11.9 Å². The van der Waals surface area contributed by atoms with Gasteiger partial charge >= 0.3 is 0 Å². The second-order valence-corrected chi connectivity index (χ2v) is 5.52. The average molecular weight is 262 g/mol. The Morgan fingerprint density at radius 2 is 1.89 bits per heavy atom. The van der Waals surface area contributed by atoms with Crippen molar-refractivity contribution in [3.05, 3.63) is 12.4 Å². The van der Waals surface area contributed by atoms with Crippen LogP contribution in [-0.2, 0) is 4.79 Å². The zero-order valence-electron chi connectivity index (χ0n) is 11.9. The zero-order chi connectivity index (χ0) is 13.8. The molecule has 19 heavy (non-hydrogen) atoms. The topological polar surface area (TPSA) is 58.1 Å². The molecule has 0 bridgehead atoms. The highest BCUT2D eigenvalue weighted by atomic mass is 16.1. The molecule has 2 rings (SSSR count). The minimum Gasteiger partial charge on any atom is -0.341 e. The zero-order valence-corrected chi connectivity index (χ0v) is 11.9. The van der Waals surface area contributed by atoms with E-state index < -0.39 is 0 Å². The molecule has 1 aromatic rings. The molecule has 1 aromatic heterocycles. The lowest BCUT2D eigenvalue weighted by Crippen LogP contribution is -2.36. The van der Waals surface area contributed by atoms with Gasteiger partial charge in [0.15, 0.2) is 0 Å². The van der Waals surface area contributed by atoms with E-state index in [1.54, 1.807) is 12.4 Å². The van der Waals surface area contributed by atoms with E-state index >= 15 is 0 Å². The molecule has 1 aliphatic rings. The number of rotatable bonds is 3. The largest absolute Gasteiger partial charge is 0.341 e. The first kappa shape index (κ1) is 13.8. The maximum Gasteiger partial charge on any atom is 0.225 e. The number of hydrogen-bond acceptors (Lipinski definition) is 4. The van der Waals surface area contributed by atoms with Crippen molar-refractivity contribution in [3.63, 3.8) is 0 Å². The summed E-state index contributed by atoms with van der Waals surface area (Å²) in [7, 11) is 0. The Balaban J connectivity index is 1.94. The Labute approximate surface area is 114 Å². The number of anilines is 2. The van der Waals surface area contributed by atoms with Crippen LogP contribution >= 0.6 is 0 Å². The summed E-state index contributed by atoms with van der Waals surface area (Å²) in [6.45, 7) is 8.09. The van der Waals surface area contributed by atoms with E-state index in [0.29, 0.717) is 5.69 Å². The van der Waals surface area contributed by atoms with Gasteiger partial charge in [0.1, 0.15) is 0 Å². The summed E-state index contributed by atoms with van der Waals surface area (Å²) in [6, 6.07) is 0. The summed E-state index contributed by atoms with van der Waals surface area (Å²) in [5.74, 6) is 2.23. The summed E-state index contributed by atoms with van der Waals surface area (Å²) in [6.07, 6.45) is 5.74. The van der Waals surface area contributed by atoms with Crippen molar-refractivity contribution in [3.8, 4) is 0 Å². The van der Waals surface area contributed by atoms with E-state index in [9.17, 15) is 4.79 Å². The average Bonchev–Trinajstić information content (AvgIpc) is 2.39. The Bertz CT molecular complexity index is 422. The van der Waals surface area contributed by atoms with Crippen molar-refractivity contribution in [1.29, 1.82) is 0 Å². The predicted molar refractivity (Wildman–Crippen MR) is 76.1 cm³/mol. The quantitative estimate of drug-likeness (QED) is 0.908. The fourth-order valence-electron chi connectivity index (χ4n) is 2.52. The molecule has 0 aliphatic carbocycles. The number of piperidine rings is 1. The lowest BCUT2D eigenvalue weighted by molar-refractivity contribution is -0.114. The molecule has 1 amide bonds. The monoisotopic (exact) mass is 262 g/mol. The van der Waals surface area contributed by atoms with Gasteiger partial charge in [-0.1, -0.05) is 13.8 Å². The van der Waals surface area contributed by atoms with Gasteiger partial charge in [-0.15, -0.1) is 0 Å². The molecule has 0 spiro atoms. The summed E-state index contributed by atoms with van der Waals surface area (Å²) < 4.78 is 0. The van der Waals surface area contributed by atoms with Gasteiger partial charge in [0.05, 0.1) is 18.1 Å². The summed E-state index contributed by atoms with van der Waals surface area (Å²) in [5.41, 5.74) is 0.647. The molecule has 0 atom stereocenters. The van der Waals surface area contributed by atoms with Crippen LogP contribution in [0.4, 0.5) is 11.6 Å². The number of aromatic nitrogens is 2. The van der Waals surface area contributed by atoms with Crippen LogP contribution in [0.2, 0.25) is 0 Å². The van der Waals surface area contributed by atoms with Crippen LogP contribution in [0.5, 0.6) is 0 Å². The lowest BCUT2D eigenvalue weighted by atomic mass is 9.87. The molecule has 0 saturated carbocycles. The molecule has 0 unspecified atom stereocenters. The highest BCUT2D eigenvalue weighted by molar-refractivity contribution is 5.88. The second-order valence-electron chi connectivity index (χ2n) is 5.52. The highest BCUT2D eigenvalue weighted by Gasteiger charge is 2.22. The Kier molecular flexibility index (Phi) is 4.35. The van der Waals surface area contributed by atoms with Crippen molar-refractivity contribution in [2.75, 3.05) is 23.3 Å². The van der Waals surface area contributed by atoms with Crippen molar-refractivity contribution >= 4 is 17.5 Å². The lowest BCUT2D eigenvalue weighted by Gasteiger charge is -2.33. The third kappa shape index (κ3) is 3.66. The molecule has 1 N–H and O–H groups in total. The molecule has 5 heteroatoms. The molecule has 1 fully saturated rings. The van der Waals surface area contributed by atoms with Crippen LogP contribution in [0.1, 0.15) is 33.6 Å². The predicted octanol–water partition coefficient (Wildman–Crippen LogP) is 2.31. The van der Waals surface area contributed by atoms with Crippen molar-refractivity contribution in [2.24, 2.45) is 11.8 Å². The first-order valence-electron chi connectivity index (χ1n) is 6.91. The Morgan fingerprint density at radius 1 is 1.32 bits per heavy atom. The third-order valence-electron chi connectivity index (χ3n) is 3.72. The highest BCUT2D eigenvalue weighted by Crippen LogP contribution is 2.26. The minimum absolute atomic E-state index is 0.103. The van der Waals surface area contributed by atoms with Gasteiger partial charge in [-0.2, -0.15) is 0 Å². The molecule has 1 aliphatic heterocycles. The fourth-order valence-corrected chi connectivity index (χ4v) is 2.52. The van der Waals surface area contributed by atoms with Gasteiger partial charge in [-0.05, 0) is 24.7 Å². The normalized spacial score (nSPS) is 16.7. The van der Waals surface area contributed by atoms with Crippen LogP contribution in [-0.4, -0.2) is 29.0 Å². The second kappa shape index (κ2) is 5.99. The summed E-state index contributed by atoms with van der Waals surface area (Å²) in [5, 5.41) is 2.67. The van der Waals surface area contributed by atoms with Gasteiger partial charge in [-0.3, -0.25) is 4.79 Å². The van der Waals surface area contributed by atoms with Crippen molar-refractivity contribution in [1.82, 2.24) is 9.97 Å². The first-order chi connectivity index (χ1) is 9.06. The van der Waals surface area contributed by atoms with Crippen molar-refractivity contribution < 1.29 is 4.79 Å². The molecule has 0 aromatic carbocycles. The Hall–Kier alpha value is -1.65. The third-order valence-corrected chi connectivity index (χ3v) is 3.72. The van der Waals surface area contributed by atoms with Crippen LogP contribution in [0.3, 0.4) is 0 Å². The molecule has 1 saturated heterocycles. The smallest absolute Gasteiger partial charge is 0.225 e. The van der Waals surface area contributed by atoms with E-state index in [1.807, 2.05) is 0 Å².